The third-order valence-electron chi connectivity index (χ3n) is 2.48. The summed E-state index contributed by atoms with van der Waals surface area (Å²) in [7, 11) is 0. The van der Waals surface area contributed by atoms with E-state index in [0.717, 1.165) is 25.5 Å². The molecule has 1 aliphatic heterocycles. The van der Waals surface area contributed by atoms with Gasteiger partial charge in [0.1, 0.15) is 6.29 Å². The second kappa shape index (κ2) is 5.73. The summed E-state index contributed by atoms with van der Waals surface area (Å²) >= 11 is 0. The molecule has 0 spiro atoms. The van der Waals surface area contributed by atoms with Gasteiger partial charge in [-0.15, -0.1) is 0 Å². The molecule has 0 radical (unpaired) electrons. The van der Waals surface area contributed by atoms with E-state index in [4.69, 9.17) is 4.74 Å². The highest BCUT2D eigenvalue weighted by atomic mass is 16.6. The predicted molar refractivity (Wildman–Crippen MR) is 56.6 cm³/mol. The maximum absolute atomic E-state index is 11.6. The first-order valence-electron chi connectivity index (χ1n) is 5.54. The molecule has 0 aliphatic carbocycles. The average Bonchev–Trinajstić information content (AvgIpc) is 2.25. The number of amides is 1. The van der Waals surface area contributed by atoms with Crippen LogP contribution >= 0.6 is 0 Å². The van der Waals surface area contributed by atoms with E-state index in [-0.39, 0.29) is 12.1 Å². The van der Waals surface area contributed by atoms with Crippen LogP contribution in [-0.4, -0.2) is 36.5 Å². The molecule has 1 atom stereocenters. The normalized spacial score (nSPS) is 21.5. The zero-order valence-electron chi connectivity index (χ0n) is 9.44. The summed E-state index contributed by atoms with van der Waals surface area (Å²) in [4.78, 5) is 23.9. The van der Waals surface area contributed by atoms with Gasteiger partial charge in [0.2, 0.25) is 0 Å². The molecule has 1 fully saturated rings. The fraction of sp³-hybridized carbons (Fsp3) is 0.818. The first kappa shape index (κ1) is 12.0. The molecular formula is C11H19NO3. The Morgan fingerprint density at radius 3 is 2.87 bits per heavy atom. The van der Waals surface area contributed by atoms with Crippen LogP contribution in [0.15, 0.2) is 0 Å². The summed E-state index contributed by atoms with van der Waals surface area (Å²) < 4.78 is 5.10. The van der Waals surface area contributed by atoms with E-state index >= 15 is 0 Å². The minimum absolute atomic E-state index is 0.279. The van der Waals surface area contributed by atoms with Gasteiger partial charge in [-0.1, -0.05) is 13.8 Å². The molecule has 4 heteroatoms. The number of piperidine rings is 1. The number of carbonyl (C=O) groups excluding carboxylic acids is 2. The Morgan fingerprint density at radius 1 is 1.53 bits per heavy atom. The van der Waals surface area contributed by atoms with Gasteiger partial charge in [-0.2, -0.15) is 0 Å². The van der Waals surface area contributed by atoms with E-state index in [1.807, 2.05) is 13.8 Å². The topological polar surface area (TPSA) is 46.6 Å². The number of hydrogen-bond donors (Lipinski definition) is 0. The maximum atomic E-state index is 11.6. The van der Waals surface area contributed by atoms with Gasteiger partial charge in [-0.05, 0) is 25.2 Å². The van der Waals surface area contributed by atoms with Gasteiger partial charge < -0.3 is 9.53 Å². The van der Waals surface area contributed by atoms with Crippen molar-refractivity contribution in [2.75, 3.05) is 13.2 Å². The highest BCUT2D eigenvalue weighted by Gasteiger charge is 2.27. The summed E-state index contributed by atoms with van der Waals surface area (Å²) in [6.07, 6.45) is 3.23. The van der Waals surface area contributed by atoms with Gasteiger partial charge >= 0.3 is 6.09 Å². The van der Waals surface area contributed by atoms with Crippen LogP contribution in [0.2, 0.25) is 0 Å². The monoisotopic (exact) mass is 213 g/mol. The van der Waals surface area contributed by atoms with Crippen molar-refractivity contribution in [3.63, 3.8) is 0 Å². The summed E-state index contributed by atoms with van der Waals surface area (Å²) in [6, 6.07) is -0.279. The zero-order valence-corrected chi connectivity index (χ0v) is 9.44. The van der Waals surface area contributed by atoms with E-state index < -0.39 is 0 Å². The number of likely N-dealkylation sites (tertiary alicyclic amines) is 1. The van der Waals surface area contributed by atoms with Gasteiger partial charge in [0.05, 0.1) is 12.6 Å². The number of rotatable bonds is 3. The lowest BCUT2D eigenvalue weighted by Gasteiger charge is -2.31. The Hall–Kier alpha value is -1.06. The molecule has 0 N–H and O–H groups in total. The molecule has 1 saturated heterocycles. The molecule has 0 bridgehead atoms. The number of carbonyl (C=O) groups is 2. The van der Waals surface area contributed by atoms with Crippen LogP contribution < -0.4 is 0 Å². The number of ether oxygens (including phenoxy) is 1. The van der Waals surface area contributed by atoms with Crippen molar-refractivity contribution in [3.05, 3.63) is 0 Å². The second-order valence-corrected chi connectivity index (χ2v) is 4.36. The lowest BCUT2D eigenvalue weighted by Crippen LogP contribution is -2.45. The molecule has 86 valence electrons. The van der Waals surface area contributed by atoms with Crippen LogP contribution in [0.5, 0.6) is 0 Å². The fourth-order valence-electron chi connectivity index (χ4n) is 1.65. The van der Waals surface area contributed by atoms with Gasteiger partial charge in [0.25, 0.3) is 0 Å². The highest BCUT2D eigenvalue weighted by Crippen LogP contribution is 2.16. The van der Waals surface area contributed by atoms with Gasteiger partial charge in [-0.25, -0.2) is 4.79 Å². The minimum atomic E-state index is -0.347. The number of nitrogens with zero attached hydrogens (tertiary/aromatic N) is 1. The van der Waals surface area contributed by atoms with E-state index in [1.165, 1.54) is 0 Å². The number of hydrogen-bond acceptors (Lipinski definition) is 3. The molecular weight excluding hydrogens is 194 g/mol. The van der Waals surface area contributed by atoms with Gasteiger partial charge in [-0.3, -0.25) is 4.90 Å². The van der Waals surface area contributed by atoms with E-state index in [9.17, 15) is 9.59 Å². The van der Waals surface area contributed by atoms with Crippen molar-refractivity contribution in [1.82, 2.24) is 4.90 Å². The Balaban J connectivity index is 2.44. The predicted octanol–water partition coefficient (Wildman–Crippen LogP) is 1.83. The largest absolute Gasteiger partial charge is 0.449 e. The smallest absolute Gasteiger partial charge is 0.410 e. The van der Waals surface area contributed by atoms with E-state index in [2.05, 4.69) is 0 Å². The standard InChI is InChI=1S/C11H19NO3/c1-9(2)8-15-11(14)12-6-4-3-5-10(12)7-13/h7,9-10H,3-6,8H2,1-2H3. The molecule has 0 aromatic carbocycles. The number of aldehydes is 1. The third-order valence-corrected chi connectivity index (χ3v) is 2.48. The van der Waals surface area contributed by atoms with Crippen LogP contribution in [0.1, 0.15) is 33.1 Å². The van der Waals surface area contributed by atoms with Crippen LogP contribution in [0, 0.1) is 5.92 Å². The average molecular weight is 213 g/mol. The Labute approximate surface area is 90.6 Å². The lowest BCUT2D eigenvalue weighted by molar-refractivity contribution is -0.113. The SMILES string of the molecule is CC(C)COC(=O)N1CCCCC1C=O. The molecule has 15 heavy (non-hydrogen) atoms. The second-order valence-electron chi connectivity index (χ2n) is 4.36. The summed E-state index contributed by atoms with van der Waals surface area (Å²) in [5.41, 5.74) is 0. The fourth-order valence-corrected chi connectivity index (χ4v) is 1.65. The molecule has 1 rings (SSSR count). The third kappa shape index (κ3) is 3.53. The Bertz CT molecular complexity index is 228. The van der Waals surface area contributed by atoms with Crippen molar-refractivity contribution in [2.45, 2.75) is 39.2 Å². The van der Waals surface area contributed by atoms with Gasteiger partial charge in [0.15, 0.2) is 0 Å². The molecule has 0 aromatic rings. The van der Waals surface area contributed by atoms with E-state index in [1.54, 1.807) is 4.90 Å². The Morgan fingerprint density at radius 2 is 2.27 bits per heavy atom. The summed E-state index contributed by atoms with van der Waals surface area (Å²) in [5.74, 6) is 0.327. The Kier molecular flexibility index (Phi) is 4.59. The molecule has 1 unspecified atom stereocenters. The van der Waals surface area contributed by atoms with Crippen LogP contribution in [0.4, 0.5) is 4.79 Å². The quantitative estimate of drug-likeness (QED) is 0.672. The van der Waals surface area contributed by atoms with Crippen molar-refractivity contribution in [1.29, 1.82) is 0 Å². The molecule has 1 amide bonds. The minimum Gasteiger partial charge on any atom is -0.449 e. The molecule has 4 nitrogen and oxygen atoms in total. The van der Waals surface area contributed by atoms with Crippen LogP contribution in [0.25, 0.3) is 0 Å². The molecule has 0 aromatic heterocycles. The maximum Gasteiger partial charge on any atom is 0.410 e. The van der Waals surface area contributed by atoms with Crippen molar-refractivity contribution < 1.29 is 14.3 Å². The van der Waals surface area contributed by atoms with Crippen LogP contribution in [0.3, 0.4) is 0 Å². The van der Waals surface area contributed by atoms with Gasteiger partial charge in [0, 0.05) is 6.54 Å². The lowest BCUT2D eigenvalue weighted by atomic mass is 10.0. The van der Waals surface area contributed by atoms with Crippen molar-refractivity contribution in [2.24, 2.45) is 5.92 Å². The van der Waals surface area contributed by atoms with Crippen molar-refractivity contribution in [3.8, 4) is 0 Å². The summed E-state index contributed by atoms with van der Waals surface area (Å²) in [6.45, 7) is 5.03. The first-order chi connectivity index (χ1) is 7.15. The highest BCUT2D eigenvalue weighted by molar-refractivity contribution is 5.73. The van der Waals surface area contributed by atoms with Crippen molar-refractivity contribution >= 4 is 12.4 Å². The molecule has 0 saturated carbocycles. The summed E-state index contributed by atoms with van der Waals surface area (Å²) in [5, 5.41) is 0. The zero-order chi connectivity index (χ0) is 11.3. The molecule has 1 aliphatic rings. The van der Waals surface area contributed by atoms with E-state index in [0.29, 0.717) is 19.1 Å². The first-order valence-corrected chi connectivity index (χ1v) is 5.54. The molecule has 1 heterocycles. The van der Waals surface area contributed by atoms with Crippen LogP contribution in [-0.2, 0) is 9.53 Å².